The number of fused-ring (bicyclic) bond motifs is 2. The fourth-order valence-electron chi connectivity index (χ4n) is 4.38. The summed E-state index contributed by atoms with van der Waals surface area (Å²) in [5, 5.41) is 3.81. The summed E-state index contributed by atoms with van der Waals surface area (Å²) in [6, 6.07) is 9.19. The topological polar surface area (TPSA) is 12.0 Å². The molecule has 1 N–H and O–H groups in total. The lowest BCUT2D eigenvalue weighted by atomic mass is 9.68. The molecule has 0 aliphatic heterocycles. The van der Waals surface area contributed by atoms with E-state index in [0.29, 0.717) is 16.9 Å². The summed E-state index contributed by atoms with van der Waals surface area (Å²) in [6.07, 6.45) is 4.20. The standard InChI is InChI=1S/C16H22BrN/c1-15(2)11-8-9-16(3,10-11)14(15)18-13-6-4-12(17)5-7-13/h4-7,11,14,18H,8-10H2,1-3H3. The summed E-state index contributed by atoms with van der Waals surface area (Å²) in [5.41, 5.74) is 2.16. The van der Waals surface area contributed by atoms with Crippen LogP contribution >= 0.6 is 15.9 Å². The third-order valence-corrected chi connectivity index (χ3v) is 5.95. The summed E-state index contributed by atoms with van der Waals surface area (Å²) in [5.74, 6) is 0.899. The Morgan fingerprint density at radius 3 is 2.39 bits per heavy atom. The molecule has 3 atom stereocenters. The van der Waals surface area contributed by atoms with E-state index in [1.807, 2.05) is 0 Å². The van der Waals surface area contributed by atoms with Gasteiger partial charge < -0.3 is 5.32 Å². The van der Waals surface area contributed by atoms with Crippen LogP contribution in [0.3, 0.4) is 0 Å². The lowest BCUT2D eigenvalue weighted by molar-refractivity contribution is 0.155. The molecule has 0 amide bonds. The highest BCUT2D eigenvalue weighted by atomic mass is 79.9. The van der Waals surface area contributed by atoms with Crippen molar-refractivity contribution in [2.45, 2.75) is 46.1 Å². The van der Waals surface area contributed by atoms with E-state index in [0.717, 1.165) is 10.4 Å². The van der Waals surface area contributed by atoms with Crippen molar-refractivity contribution >= 4 is 21.6 Å². The highest BCUT2D eigenvalue weighted by molar-refractivity contribution is 9.10. The maximum Gasteiger partial charge on any atom is 0.0368 e. The average molecular weight is 308 g/mol. The average Bonchev–Trinajstić information content (AvgIpc) is 2.78. The van der Waals surface area contributed by atoms with Gasteiger partial charge in [-0.25, -0.2) is 0 Å². The molecule has 3 rings (SSSR count). The molecule has 0 spiro atoms. The molecule has 2 aliphatic rings. The molecule has 1 aromatic carbocycles. The summed E-state index contributed by atoms with van der Waals surface area (Å²) in [6.45, 7) is 7.36. The van der Waals surface area contributed by atoms with Crippen molar-refractivity contribution < 1.29 is 0 Å². The number of nitrogens with one attached hydrogen (secondary N) is 1. The van der Waals surface area contributed by atoms with Crippen LogP contribution in [0.1, 0.15) is 40.0 Å². The Bertz CT molecular complexity index is 446. The molecule has 2 heteroatoms. The van der Waals surface area contributed by atoms with Gasteiger partial charge in [0.05, 0.1) is 0 Å². The van der Waals surface area contributed by atoms with Gasteiger partial charge in [-0.15, -0.1) is 0 Å². The summed E-state index contributed by atoms with van der Waals surface area (Å²) in [4.78, 5) is 0. The maximum atomic E-state index is 3.81. The van der Waals surface area contributed by atoms with E-state index in [1.54, 1.807) is 0 Å². The van der Waals surface area contributed by atoms with Crippen LogP contribution < -0.4 is 5.32 Å². The van der Waals surface area contributed by atoms with E-state index < -0.39 is 0 Å². The molecule has 1 nitrogen and oxygen atoms in total. The number of hydrogen-bond donors (Lipinski definition) is 1. The van der Waals surface area contributed by atoms with Crippen molar-refractivity contribution in [3.63, 3.8) is 0 Å². The zero-order valence-corrected chi connectivity index (χ0v) is 13.0. The second-order valence-electron chi connectivity index (χ2n) is 7.00. The molecule has 0 saturated heterocycles. The van der Waals surface area contributed by atoms with Gasteiger partial charge in [0, 0.05) is 16.2 Å². The van der Waals surface area contributed by atoms with Crippen LogP contribution in [0.15, 0.2) is 28.7 Å². The molecule has 0 aromatic heterocycles. The first-order valence-electron chi connectivity index (χ1n) is 6.94. The normalized spacial score (nSPS) is 36.9. The van der Waals surface area contributed by atoms with Gasteiger partial charge in [-0.05, 0) is 60.3 Å². The van der Waals surface area contributed by atoms with Crippen LogP contribution in [0, 0.1) is 16.7 Å². The van der Waals surface area contributed by atoms with Crippen LogP contribution in [-0.2, 0) is 0 Å². The minimum Gasteiger partial charge on any atom is -0.381 e. The molecule has 3 unspecified atom stereocenters. The zero-order chi connectivity index (χ0) is 13.0. The van der Waals surface area contributed by atoms with Gasteiger partial charge >= 0.3 is 0 Å². The molecule has 18 heavy (non-hydrogen) atoms. The summed E-state index contributed by atoms with van der Waals surface area (Å²) < 4.78 is 1.14. The van der Waals surface area contributed by atoms with Crippen molar-refractivity contribution in [2.24, 2.45) is 16.7 Å². The van der Waals surface area contributed by atoms with Gasteiger partial charge in [-0.2, -0.15) is 0 Å². The Kier molecular flexibility index (Phi) is 2.78. The summed E-state index contributed by atoms with van der Waals surface area (Å²) >= 11 is 3.50. The van der Waals surface area contributed by atoms with Crippen LogP contribution in [0.5, 0.6) is 0 Å². The maximum absolute atomic E-state index is 3.81. The quantitative estimate of drug-likeness (QED) is 0.803. The third kappa shape index (κ3) is 1.80. The molecule has 98 valence electrons. The predicted octanol–water partition coefficient (Wildman–Crippen LogP) is 5.08. The number of hydrogen-bond acceptors (Lipinski definition) is 1. The lowest BCUT2D eigenvalue weighted by Crippen LogP contribution is -2.45. The van der Waals surface area contributed by atoms with Crippen LogP contribution in [0.4, 0.5) is 5.69 Å². The number of halogens is 1. The Balaban J connectivity index is 1.86. The Hall–Kier alpha value is -0.500. The highest BCUT2D eigenvalue weighted by Gasteiger charge is 2.59. The largest absolute Gasteiger partial charge is 0.381 e. The van der Waals surface area contributed by atoms with Crippen LogP contribution in [0.25, 0.3) is 0 Å². The third-order valence-electron chi connectivity index (χ3n) is 5.42. The Morgan fingerprint density at radius 2 is 1.83 bits per heavy atom. The predicted molar refractivity (Wildman–Crippen MR) is 80.8 cm³/mol. The number of anilines is 1. The lowest BCUT2D eigenvalue weighted by Gasteiger charge is -2.43. The zero-order valence-electron chi connectivity index (χ0n) is 11.5. The van der Waals surface area contributed by atoms with E-state index in [4.69, 9.17) is 0 Å². The molecule has 2 saturated carbocycles. The first kappa shape index (κ1) is 12.5. The molecular formula is C16H22BrN. The van der Waals surface area contributed by atoms with Crippen molar-refractivity contribution in [1.29, 1.82) is 0 Å². The Labute approximate surface area is 118 Å². The van der Waals surface area contributed by atoms with Gasteiger partial charge in [-0.3, -0.25) is 0 Å². The molecule has 2 aliphatic carbocycles. The van der Waals surface area contributed by atoms with Crippen molar-refractivity contribution in [2.75, 3.05) is 5.32 Å². The van der Waals surface area contributed by atoms with E-state index in [-0.39, 0.29) is 0 Å². The van der Waals surface area contributed by atoms with E-state index >= 15 is 0 Å². The molecule has 0 heterocycles. The second kappa shape index (κ2) is 4.00. The van der Waals surface area contributed by atoms with Gasteiger partial charge in [0.25, 0.3) is 0 Å². The molecular weight excluding hydrogens is 286 g/mol. The Morgan fingerprint density at radius 1 is 1.17 bits per heavy atom. The number of rotatable bonds is 2. The molecule has 0 radical (unpaired) electrons. The van der Waals surface area contributed by atoms with E-state index in [2.05, 4.69) is 66.3 Å². The minimum absolute atomic E-state index is 0.417. The van der Waals surface area contributed by atoms with Crippen LogP contribution in [-0.4, -0.2) is 6.04 Å². The monoisotopic (exact) mass is 307 g/mol. The molecule has 2 fully saturated rings. The fraction of sp³-hybridized carbons (Fsp3) is 0.625. The van der Waals surface area contributed by atoms with Crippen molar-refractivity contribution in [3.8, 4) is 0 Å². The first-order chi connectivity index (χ1) is 8.42. The first-order valence-corrected chi connectivity index (χ1v) is 7.73. The minimum atomic E-state index is 0.417. The molecule has 1 aromatic rings. The van der Waals surface area contributed by atoms with E-state index in [9.17, 15) is 0 Å². The smallest absolute Gasteiger partial charge is 0.0368 e. The van der Waals surface area contributed by atoms with E-state index in [1.165, 1.54) is 24.9 Å². The second-order valence-corrected chi connectivity index (χ2v) is 7.92. The van der Waals surface area contributed by atoms with Crippen molar-refractivity contribution in [3.05, 3.63) is 28.7 Å². The van der Waals surface area contributed by atoms with Gasteiger partial charge in [0.2, 0.25) is 0 Å². The molecule has 2 bridgehead atoms. The van der Waals surface area contributed by atoms with Crippen LogP contribution in [0.2, 0.25) is 0 Å². The van der Waals surface area contributed by atoms with Gasteiger partial charge in [-0.1, -0.05) is 36.7 Å². The van der Waals surface area contributed by atoms with Gasteiger partial charge in [0.1, 0.15) is 0 Å². The van der Waals surface area contributed by atoms with Crippen molar-refractivity contribution in [1.82, 2.24) is 0 Å². The number of benzene rings is 1. The summed E-state index contributed by atoms with van der Waals surface area (Å²) in [7, 11) is 0. The highest BCUT2D eigenvalue weighted by Crippen LogP contribution is 2.63. The van der Waals surface area contributed by atoms with Gasteiger partial charge in [0.15, 0.2) is 0 Å². The fourth-order valence-corrected chi connectivity index (χ4v) is 4.64. The SMILES string of the molecule is CC12CCC(C1)C(C)(C)C2Nc1ccc(Br)cc1.